The number of hydrogen-bond acceptors (Lipinski definition) is 4. The summed E-state index contributed by atoms with van der Waals surface area (Å²) in [5.74, 6) is -1.56. The molecular weight excluding hydrogens is 264 g/mol. The van der Waals surface area contributed by atoms with Gasteiger partial charge in [0, 0.05) is 33.4 Å². The highest BCUT2D eigenvalue weighted by Gasteiger charge is 2.40. The molecule has 20 heavy (non-hydrogen) atoms. The lowest BCUT2D eigenvalue weighted by Gasteiger charge is -2.36. The monoisotopic (exact) mass is 286 g/mol. The van der Waals surface area contributed by atoms with Gasteiger partial charge in [0.15, 0.2) is 0 Å². The number of aliphatic carboxylic acids is 1. The van der Waals surface area contributed by atoms with Crippen molar-refractivity contribution in [3.05, 3.63) is 0 Å². The lowest BCUT2D eigenvalue weighted by atomic mass is 10.0. The SMILES string of the molecule is CN(C(=O)N(C)C1COCC1C(=O)O)C1CCOCC1. The first-order chi connectivity index (χ1) is 9.52. The second-order valence-corrected chi connectivity index (χ2v) is 5.40. The van der Waals surface area contributed by atoms with E-state index in [0.717, 1.165) is 12.8 Å². The van der Waals surface area contributed by atoms with E-state index in [4.69, 9.17) is 14.6 Å². The van der Waals surface area contributed by atoms with Gasteiger partial charge in [0.05, 0.1) is 19.3 Å². The molecule has 0 aromatic rings. The minimum absolute atomic E-state index is 0.154. The van der Waals surface area contributed by atoms with Crippen molar-refractivity contribution < 1.29 is 24.2 Å². The first kappa shape index (κ1) is 15.1. The molecule has 114 valence electrons. The molecule has 7 nitrogen and oxygen atoms in total. The maximum absolute atomic E-state index is 12.5. The third kappa shape index (κ3) is 3.04. The Bertz CT molecular complexity index is 370. The van der Waals surface area contributed by atoms with E-state index in [0.29, 0.717) is 13.2 Å². The second kappa shape index (κ2) is 6.41. The number of carbonyl (C=O) groups excluding carboxylic acids is 1. The molecule has 2 heterocycles. The van der Waals surface area contributed by atoms with Crippen LogP contribution in [0.4, 0.5) is 4.79 Å². The van der Waals surface area contributed by atoms with Crippen LogP contribution in [0.5, 0.6) is 0 Å². The van der Waals surface area contributed by atoms with Crippen LogP contribution in [0, 0.1) is 5.92 Å². The smallest absolute Gasteiger partial charge is 0.320 e. The van der Waals surface area contributed by atoms with Gasteiger partial charge < -0.3 is 24.4 Å². The van der Waals surface area contributed by atoms with Crippen LogP contribution in [-0.4, -0.2) is 79.5 Å². The molecule has 1 N–H and O–H groups in total. The zero-order chi connectivity index (χ0) is 14.7. The van der Waals surface area contributed by atoms with E-state index >= 15 is 0 Å². The molecule has 0 aliphatic carbocycles. The fraction of sp³-hybridized carbons (Fsp3) is 0.846. The molecule has 2 aliphatic heterocycles. The van der Waals surface area contributed by atoms with Gasteiger partial charge in [0.2, 0.25) is 0 Å². The topological polar surface area (TPSA) is 79.3 Å². The Morgan fingerprint density at radius 2 is 1.70 bits per heavy atom. The van der Waals surface area contributed by atoms with Gasteiger partial charge in [-0.25, -0.2) is 4.79 Å². The number of carboxylic acids is 1. The Hall–Kier alpha value is -1.34. The van der Waals surface area contributed by atoms with Gasteiger partial charge in [-0.05, 0) is 12.8 Å². The van der Waals surface area contributed by atoms with E-state index < -0.39 is 17.9 Å². The number of rotatable bonds is 3. The highest BCUT2D eigenvalue weighted by Crippen LogP contribution is 2.21. The van der Waals surface area contributed by atoms with Crippen molar-refractivity contribution in [2.45, 2.75) is 24.9 Å². The second-order valence-electron chi connectivity index (χ2n) is 5.40. The molecule has 0 saturated carbocycles. The van der Waals surface area contributed by atoms with Gasteiger partial charge in [-0.15, -0.1) is 0 Å². The fourth-order valence-corrected chi connectivity index (χ4v) is 2.78. The number of carboxylic acid groups (broad SMARTS) is 1. The highest BCUT2D eigenvalue weighted by molar-refractivity contribution is 5.77. The first-order valence-electron chi connectivity index (χ1n) is 6.90. The molecular formula is C13H22N2O5. The molecule has 2 atom stereocenters. The number of hydrogen-bond donors (Lipinski definition) is 1. The van der Waals surface area contributed by atoms with Gasteiger partial charge in [-0.2, -0.15) is 0 Å². The van der Waals surface area contributed by atoms with Gasteiger partial charge >= 0.3 is 12.0 Å². The summed E-state index contributed by atoms with van der Waals surface area (Å²) in [7, 11) is 3.41. The maximum atomic E-state index is 12.5. The summed E-state index contributed by atoms with van der Waals surface area (Å²) in [4.78, 5) is 26.8. The van der Waals surface area contributed by atoms with Crippen molar-refractivity contribution in [3.63, 3.8) is 0 Å². The standard InChI is InChI=1S/C13H22N2O5/c1-14(9-3-5-19-6-4-9)13(18)15(2)11-8-20-7-10(11)12(16)17/h9-11H,3-8H2,1-2H3,(H,16,17). The first-order valence-corrected chi connectivity index (χ1v) is 6.90. The summed E-state index contributed by atoms with van der Waals surface area (Å²) in [6, 6.07) is -0.398. The van der Waals surface area contributed by atoms with E-state index in [1.165, 1.54) is 4.90 Å². The average molecular weight is 286 g/mol. The quantitative estimate of drug-likeness (QED) is 0.804. The number of nitrogens with zero attached hydrogens (tertiary/aromatic N) is 2. The van der Waals surface area contributed by atoms with Crippen molar-refractivity contribution in [1.29, 1.82) is 0 Å². The van der Waals surface area contributed by atoms with Crippen LogP contribution in [0.3, 0.4) is 0 Å². The lowest BCUT2D eigenvalue weighted by Crippen LogP contribution is -2.52. The zero-order valence-corrected chi connectivity index (χ0v) is 11.9. The van der Waals surface area contributed by atoms with Crippen molar-refractivity contribution in [2.24, 2.45) is 5.92 Å². The van der Waals surface area contributed by atoms with E-state index in [1.807, 2.05) is 0 Å². The summed E-state index contributed by atoms with van der Waals surface area (Å²) in [6.07, 6.45) is 1.64. The molecule has 0 bridgehead atoms. The predicted octanol–water partition coefficient (Wildman–Crippen LogP) is 0.249. The van der Waals surface area contributed by atoms with E-state index in [1.54, 1.807) is 19.0 Å². The summed E-state index contributed by atoms with van der Waals surface area (Å²) in [6.45, 7) is 1.77. The van der Waals surface area contributed by atoms with Crippen LogP contribution in [0.1, 0.15) is 12.8 Å². The van der Waals surface area contributed by atoms with Gasteiger partial charge in [-0.3, -0.25) is 4.79 Å². The van der Waals surface area contributed by atoms with Crippen molar-refractivity contribution >= 4 is 12.0 Å². The number of urea groups is 1. The predicted molar refractivity (Wildman–Crippen MR) is 70.5 cm³/mol. The van der Waals surface area contributed by atoms with Crippen molar-refractivity contribution in [2.75, 3.05) is 40.5 Å². The molecule has 7 heteroatoms. The molecule has 2 saturated heterocycles. The normalized spacial score (nSPS) is 27.3. The lowest BCUT2D eigenvalue weighted by molar-refractivity contribution is -0.142. The fourth-order valence-electron chi connectivity index (χ4n) is 2.78. The van der Waals surface area contributed by atoms with Crippen LogP contribution in [0.15, 0.2) is 0 Å². The minimum Gasteiger partial charge on any atom is -0.481 e. The van der Waals surface area contributed by atoms with Crippen LogP contribution in [0.25, 0.3) is 0 Å². The molecule has 2 unspecified atom stereocenters. The van der Waals surface area contributed by atoms with Crippen LogP contribution in [0.2, 0.25) is 0 Å². The Morgan fingerprint density at radius 1 is 1.05 bits per heavy atom. The number of ether oxygens (including phenoxy) is 2. The molecule has 2 amide bonds. The molecule has 2 aliphatic rings. The van der Waals surface area contributed by atoms with Gasteiger partial charge in [0.1, 0.15) is 5.92 Å². The molecule has 0 aromatic heterocycles. The molecule has 0 radical (unpaired) electrons. The van der Waals surface area contributed by atoms with Crippen molar-refractivity contribution in [1.82, 2.24) is 9.80 Å². The summed E-state index contributed by atoms with van der Waals surface area (Å²) >= 11 is 0. The Kier molecular flexibility index (Phi) is 4.82. The highest BCUT2D eigenvalue weighted by atomic mass is 16.5. The molecule has 2 rings (SSSR count). The van der Waals surface area contributed by atoms with E-state index in [2.05, 4.69) is 0 Å². The average Bonchev–Trinajstić information content (AvgIpc) is 2.95. The van der Waals surface area contributed by atoms with Crippen LogP contribution < -0.4 is 0 Å². The summed E-state index contributed by atoms with van der Waals surface area (Å²) in [5.41, 5.74) is 0. The number of likely N-dealkylation sites (N-methyl/N-ethyl adjacent to an activating group) is 1. The molecule has 2 fully saturated rings. The van der Waals surface area contributed by atoms with Crippen molar-refractivity contribution in [3.8, 4) is 0 Å². The number of carbonyl (C=O) groups is 2. The van der Waals surface area contributed by atoms with Crippen LogP contribution >= 0.6 is 0 Å². The minimum atomic E-state index is -0.916. The molecule has 0 spiro atoms. The zero-order valence-electron chi connectivity index (χ0n) is 11.9. The van der Waals surface area contributed by atoms with Gasteiger partial charge in [0.25, 0.3) is 0 Å². The maximum Gasteiger partial charge on any atom is 0.320 e. The third-order valence-electron chi connectivity index (χ3n) is 4.21. The summed E-state index contributed by atoms with van der Waals surface area (Å²) in [5, 5.41) is 9.15. The Balaban J connectivity index is 1.98. The van der Waals surface area contributed by atoms with E-state index in [-0.39, 0.29) is 25.3 Å². The Labute approximate surface area is 118 Å². The van der Waals surface area contributed by atoms with Gasteiger partial charge in [-0.1, -0.05) is 0 Å². The number of amides is 2. The Morgan fingerprint density at radius 3 is 2.30 bits per heavy atom. The largest absolute Gasteiger partial charge is 0.481 e. The summed E-state index contributed by atoms with van der Waals surface area (Å²) < 4.78 is 10.5. The molecule has 0 aromatic carbocycles. The van der Waals surface area contributed by atoms with E-state index in [9.17, 15) is 9.59 Å². The van der Waals surface area contributed by atoms with Crippen LogP contribution in [-0.2, 0) is 14.3 Å². The third-order valence-corrected chi connectivity index (χ3v) is 4.21.